The van der Waals surface area contributed by atoms with Crippen LogP contribution in [0, 0.1) is 11.3 Å². The Hall–Kier alpha value is -3.66. The van der Waals surface area contributed by atoms with Gasteiger partial charge in [0.2, 0.25) is 0 Å². The van der Waals surface area contributed by atoms with E-state index in [4.69, 9.17) is 9.84 Å². The Morgan fingerprint density at radius 3 is 2.16 bits per heavy atom. The Bertz CT molecular complexity index is 1250. The smallest absolute Gasteiger partial charge is 0.335 e. The fraction of sp³-hybridized carbons (Fsp3) is 0.355. The van der Waals surface area contributed by atoms with Crippen molar-refractivity contribution in [3.05, 3.63) is 89.0 Å². The molecule has 6 heteroatoms. The number of aliphatic hydroxyl groups excluding tert-OH is 1. The van der Waals surface area contributed by atoms with Gasteiger partial charge in [-0.1, -0.05) is 63.2 Å². The van der Waals surface area contributed by atoms with Gasteiger partial charge < -0.3 is 20.3 Å². The molecule has 0 amide bonds. The summed E-state index contributed by atoms with van der Waals surface area (Å²) in [6.07, 6.45) is 0.0411. The van der Waals surface area contributed by atoms with Crippen LogP contribution >= 0.6 is 0 Å². The molecule has 0 spiro atoms. The third-order valence-electron chi connectivity index (χ3n) is 6.28. The van der Waals surface area contributed by atoms with Gasteiger partial charge in [0.05, 0.1) is 11.1 Å². The summed E-state index contributed by atoms with van der Waals surface area (Å²) in [5, 5.41) is 32.6. The number of carboxylic acid groups (broad SMARTS) is 1. The highest BCUT2D eigenvalue weighted by molar-refractivity contribution is 5.88. The van der Waals surface area contributed by atoms with E-state index < -0.39 is 12.1 Å². The summed E-state index contributed by atoms with van der Waals surface area (Å²) in [4.78, 5) is 11.1. The van der Waals surface area contributed by atoms with Crippen molar-refractivity contribution in [2.24, 2.45) is 0 Å². The molecule has 0 bridgehead atoms. The largest absolute Gasteiger partial charge is 0.489 e. The first-order valence-corrected chi connectivity index (χ1v) is 12.4. The SMILES string of the molecule is CC(C)(Cc1ccc(C(C)(C)C)cc1)NC[C@H](O)COc1cc(-c2ccc(C(=O)O)cc2)ccc1C#N. The predicted molar refractivity (Wildman–Crippen MR) is 146 cm³/mol. The van der Waals surface area contributed by atoms with Crippen LogP contribution in [0.1, 0.15) is 61.7 Å². The lowest BCUT2D eigenvalue weighted by molar-refractivity contribution is 0.0697. The van der Waals surface area contributed by atoms with Gasteiger partial charge in [-0.2, -0.15) is 5.26 Å². The summed E-state index contributed by atoms with van der Waals surface area (Å²) in [6, 6.07) is 22.5. The van der Waals surface area contributed by atoms with E-state index in [1.165, 1.54) is 23.3 Å². The Kier molecular flexibility index (Phi) is 8.75. The molecule has 3 aromatic carbocycles. The number of ether oxygens (including phenoxy) is 1. The minimum atomic E-state index is -0.986. The van der Waals surface area contributed by atoms with Crippen LogP contribution in [-0.2, 0) is 11.8 Å². The lowest BCUT2D eigenvalue weighted by atomic mass is 9.85. The molecule has 1 atom stereocenters. The number of nitriles is 1. The summed E-state index contributed by atoms with van der Waals surface area (Å²) in [5.74, 6) is -0.612. The fourth-order valence-corrected chi connectivity index (χ4v) is 4.05. The van der Waals surface area contributed by atoms with Gasteiger partial charge in [0.15, 0.2) is 0 Å². The van der Waals surface area contributed by atoms with Gasteiger partial charge in [-0.25, -0.2) is 4.79 Å². The van der Waals surface area contributed by atoms with Crippen LogP contribution in [-0.4, -0.2) is 41.0 Å². The van der Waals surface area contributed by atoms with Gasteiger partial charge in [-0.3, -0.25) is 0 Å². The van der Waals surface area contributed by atoms with E-state index in [0.717, 1.165) is 17.5 Å². The van der Waals surface area contributed by atoms with Gasteiger partial charge in [0, 0.05) is 12.1 Å². The summed E-state index contributed by atoms with van der Waals surface area (Å²) >= 11 is 0. The minimum absolute atomic E-state index is 0.0272. The van der Waals surface area contributed by atoms with E-state index in [1.807, 2.05) is 0 Å². The molecule has 0 aliphatic rings. The number of rotatable bonds is 10. The van der Waals surface area contributed by atoms with Crippen LogP contribution in [0.2, 0.25) is 0 Å². The van der Waals surface area contributed by atoms with E-state index in [0.29, 0.717) is 17.9 Å². The van der Waals surface area contributed by atoms with Gasteiger partial charge in [-0.15, -0.1) is 0 Å². The molecule has 0 fully saturated rings. The number of aromatic carboxylic acids is 1. The number of β-amino-alcohol motifs (C(OH)–C–C–N with tert-alkyl or cyclic N) is 1. The monoisotopic (exact) mass is 500 g/mol. The van der Waals surface area contributed by atoms with E-state index in [-0.39, 0.29) is 23.1 Å². The van der Waals surface area contributed by atoms with Crippen LogP contribution in [0.25, 0.3) is 11.1 Å². The second-order valence-electron chi connectivity index (χ2n) is 11.1. The van der Waals surface area contributed by atoms with Crippen LogP contribution < -0.4 is 10.1 Å². The third kappa shape index (κ3) is 7.91. The van der Waals surface area contributed by atoms with Gasteiger partial charge >= 0.3 is 5.97 Å². The molecule has 0 aliphatic heterocycles. The Morgan fingerprint density at radius 1 is 0.973 bits per heavy atom. The third-order valence-corrected chi connectivity index (χ3v) is 6.28. The van der Waals surface area contributed by atoms with Crippen molar-refractivity contribution < 1.29 is 19.7 Å². The molecular formula is C31H36N2O4. The Labute approximate surface area is 219 Å². The molecule has 0 heterocycles. The molecule has 3 N–H and O–H groups in total. The average molecular weight is 501 g/mol. The standard InChI is InChI=1S/C31H36N2O4/c1-30(2,3)26-14-6-21(7-15-26)17-31(4,5)33-19-27(34)20-37-28-16-24(12-13-25(28)18-32)22-8-10-23(11-9-22)29(35)36/h6-16,27,33-34H,17,19-20H2,1-5H3,(H,35,36)/t27-/m0/s1. The molecule has 3 aromatic rings. The zero-order chi connectivity index (χ0) is 27.2. The maximum absolute atomic E-state index is 11.1. The lowest BCUT2D eigenvalue weighted by Crippen LogP contribution is -2.46. The van der Waals surface area contributed by atoms with Gasteiger partial charge in [0.25, 0.3) is 0 Å². The molecule has 0 aliphatic carbocycles. The van der Waals surface area contributed by atoms with Gasteiger partial charge in [-0.05, 0) is 72.2 Å². The van der Waals surface area contributed by atoms with E-state index in [1.54, 1.807) is 30.3 Å². The van der Waals surface area contributed by atoms with Crippen molar-refractivity contribution in [1.82, 2.24) is 5.32 Å². The molecule has 0 saturated carbocycles. The molecule has 37 heavy (non-hydrogen) atoms. The number of aliphatic hydroxyl groups is 1. The first-order chi connectivity index (χ1) is 17.4. The topological polar surface area (TPSA) is 103 Å². The first kappa shape index (κ1) is 27.9. The van der Waals surface area contributed by atoms with Crippen molar-refractivity contribution in [1.29, 1.82) is 5.26 Å². The Balaban J connectivity index is 1.58. The summed E-state index contributed by atoms with van der Waals surface area (Å²) in [7, 11) is 0. The molecule has 6 nitrogen and oxygen atoms in total. The van der Waals surface area contributed by atoms with Gasteiger partial charge in [0.1, 0.15) is 24.5 Å². The zero-order valence-corrected chi connectivity index (χ0v) is 22.2. The van der Waals surface area contributed by atoms with Crippen LogP contribution in [0.15, 0.2) is 66.7 Å². The number of hydrogen-bond acceptors (Lipinski definition) is 5. The van der Waals surface area contributed by atoms with Crippen LogP contribution in [0.4, 0.5) is 0 Å². The van der Waals surface area contributed by atoms with Crippen molar-refractivity contribution in [3.63, 3.8) is 0 Å². The highest BCUT2D eigenvalue weighted by Gasteiger charge is 2.21. The van der Waals surface area contributed by atoms with Crippen molar-refractivity contribution in [2.45, 2.75) is 58.1 Å². The molecule has 3 rings (SSSR count). The zero-order valence-electron chi connectivity index (χ0n) is 22.2. The lowest BCUT2D eigenvalue weighted by Gasteiger charge is -2.28. The minimum Gasteiger partial charge on any atom is -0.489 e. The predicted octanol–water partition coefficient (Wildman–Crippen LogP) is 5.57. The number of carbonyl (C=O) groups is 1. The molecule has 0 aromatic heterocycles. The van der Waals surface area contributed by atoms with Crippen LogP contribution in [0.5, 0.6) is 5.75 Å². The van der Waals surface area contributed by atoms with Crippen LogP contribution in [0.3, 0.4) is 0 Å². The number of nitrogens with one attached hydrogen (secondary N) is 1. The molecule has 0 radical (unpaired) electrons. The number of hydrogen-bond donors (Lipinski definition) is 3. The maximum atomic E-state index is 11.1. The quantitative estimate of drug-likeness (QED) is 0.336. The fourth-order valence-electron chi connectivity index (χ4n) is 4.05. The van der Waals surface area contributed by atoms with E-state index >= 15 is 0 Å². The second-order valence-corrected chi connectivity index (χ2v) is 11.1. The molecule has 0 unspecified atom stereocenters. The number of nitrogens with zero attached hydrogens (tertiary/aromatic N) is 1. The highest BCUT2D eigenvalue weighted by Crippen LogP contribution is 2.28. The van der Waals surface area contributed by atoms with Crippen molar-refractivity contribution in [3.8, 4) is 22.9 Å². The second kappa shape index (κ2) is 11.6. The normalized spacial score (nSPS) is 12.6. The first-order valence-electron chi connectivity index (χ1n) is 12.4. The molecular weight excluding hydrogens is 464 g/mol. The highest BCUT2D eigenvalue weighted by atomic mass is 16.5. The maximum Gasteiger partial charge on any atom is 0.335 e. The summed E-state index contributed by atoms with van der Waals surface area (Å²) in [5.41, 5.74) is 4.57. The summed E-state index contributed by atoms with van der Waals surface area (Å²) in [6.45, 7) is 11.2. The van der Waals surface area contributed by atoms with Crippen molar-refractivity contribution in [2.75, 3.05) is 13.2 Å². The molecule has 194 valence electrons. The average Bonchev–Trinajstić information content (AvgIpc) is 2.85. The number of carboxylic acids is 1. The number of benzene rings is 3. The molecule has 0 saturated heterocycles. The van der Waals surface area contributed by atoms with E-state index in [2.05, 4.69) is 70.3 Å². The van der Waals surface area contributed by atoms with Crippen molar-refractivity contribution >= 4 is 5.97 Å². The summed E-state index contributed by atoms with van der Waals surface area (Å²) < 4.78 is 5.84. The van der Waals surface area contributed by atoms with E-state index in [9.17, 15) is 15.2 Å². The Morgan fingerprint density at radius 2 is 1.59 bits per heavy atom.